The molecule has 0 saturated carbocycles. The van der Waals surface area contributed by atoms with Crippen molar-refractivity contribution in [1.29, 1.82) is 0 Å². The molecule has 0 fully saturated rings. The van der Waals surface area contributed by atoms with E-state index in [2.05, 4.69) is 0 Å². The number of rotatable bonds is 4. The fraction of sp³-hybridized carbons (Fsp3) is 0.0714. The predicted octanol–water partition coefficient (Wildman–Crippen LogP) is 4.26. The molecule has 0 aliphatic rings. The molecule has 0 aliphatic carbocycles. The second-order valence-corrected chi connectivity index (χ2v) is 6.38. The minimum atomic E-state index is -1.70. The van der Waals surface area contributed by atoms with E-state index in [9.17, 15) is 17.8 Å². The highest BCUT2D eigenvalue weighted by Gasteiger charge is 2.17. The first kappa shape index (κ1) is 16.1. The molecule has 2 rings (SSSR count). The predicted molar refractivity (Wildman–Crippen MR) is 78.4 cm³/mol. The van der Waals surface area contributed by atoms with Crippen LogP contribution in [0.4, 0.5) is 8.78 Å². The molecule has 21 heavy (non-hydrogen) atoms. The normalized spacial score (nSPS) is 12.2. The Kier molecular flexibility index (Phi) is 5.08. The van der Waals surface area contributed by atoms with Gasteiger partial charge in [-0.25, -0.2) is 8.78 Å². The number of halogens is 4. The first-order valence-electron chi connectivity index (χ1n) is 5.70. The Balaban J connectivity index is 2.18. The third-order valence-corrected chi connectivity index (χ3v) is 4.69. The highest BCUT2D eigenvalue weighted by molar-refractivity contribution is 7.85. The zero-order chi connectivity index (χ0) is 15.6. The highest BCUT2D eigenvalue weighted by atomic mass is 35.5. The fourth-order valence-electron chi connectivity index (χ4n) is 1.61. The molecule has 2 aromatic rings. The van der Waals surface area contributed by atoms with Gasteiger partial charge in [0.1, 0.15) is 11.6 Å². The molecule has 0 saturated heterocycles. The van der Waals surface area contributed by atoms with Gasteiger partial charge in [0.15, 0.2) is 5.78 Å². The number of benzene rings is 2. The van der Waals surface area contributed by atoms with Crippen LogP contribution in [0.5, 0.6) is 0 Å². The molecule has 0 aromatic heterocycles. The zero-order valence-electron chi connectivity index (χ0n) is 10.4. The quantitative estimate of drug-likeness (QED) is 0.773. The van der Waals surface area contributed by atoms with Crippen molar-refractivity contribution in [2.75, 3.05) is 5.75 Å². The van der Waals surface area contributed by atoms with Gasteiger partial charge in [-0.1, -0.05) is 23.2 Å². The summed E-state index contributed by atoms with van der Waals surface area (Å²) in [4.78, 5) is 12.2. The van der Waals surface area contributed by atoms with Crippen LogP contribution < -0.4 is 0 Å². The van der Waals surface area contributed by atoms with Crippen LogP contribution in [0.3, 0.4) is 0 Å². The maximum Gasteiger partial charge on any atom is 0.178 e. The Hall–Kier alpha value is -1.30. The molecule has 0 radical (unpaired) electrons. The zero-order valence-corrected chi connectivity index (χ0v) is 12.7. The van der Waals surface area contributed by atoms with Gasteiger partial charge >= 0.3 is 0 Å². The minimum Gasteiger partial charge on any atom is -0.293 e. The molecule has 0 amide bonds. The van der Waals surface area contributed by atoms with Crippen LogP contribution >= 0.6 is 23.2 Å². The van der Waals surface area contributed by atoms with Gasteiger partial charge in [-0.3, -0.25) is 9.00 Å². The summed E-state index contributed by atoms with van der Waals surface area (Å²) in [6.07, 6.45) is 0. The van der Waals surface area contributed by atoms with E-state index in [1.807, 2.05) is 0 Å². The number of hydrogen-bond donors (Lipinski definition) is 0. The number of carbonyl (C=O) groups excluding carboxylic acids is 1. The Labute approximate surface area is 132 Å². The molecule has 2 aromatic carbocycles. The lowest BCUT2D eigenvalue weighted by Gasteiger charge is -2.05. The van der Waals surface area contributed by atoms with Crippen molar-refractivity contribution in [2.24, 2.45) is 0 Å². The first-order valence-corrected chi connectivity index (χ1v) is 7.77. The smallest absolute Gasteiger partial charge is 0.178 e. The fourth-order valence-corrected chi connectivity index (χ4v) is 3.01. The molecule has 0 heterocycles. The number of Topliss-reactive ketones (excluding diaryl/α,β-unsaturated/α-hetero) is 1. The SMILES string of the molecule is O=C(CS(=O)c1ccc(Cl)c(Cl)c1)c1ccc(F)cc1F. The van der Waals surface area contributed by atoms with E-state index in [-0.39, 0.29) is 10.6 Å². The van der Waals surface area contributed by atoms with Crippen LogP contribution in [0, 0.1) is 11.6 Å². The van der Waals surface area contributed by atoms with Gasteiger partial charge in [0, 0.05) is 11.0 Å². The summed E-state index contributed by atoms with van der Waals surface area (Å²) in [5, 5.41) is 0.510. The van der Waals surface area contributed by atoms with Crippen LogP contribution in [0.1, 0.15) is 10.4 Å². The summed E-state index contributed by atoms with van der Waals surface area (Å²) >= 11 is 11.5. The van der Waals surface area contributed by atoms with E-state index >= 15 is 0 Å². The van der Waals surface area contributed by atoms with Gasteiger partial charge < -0.3 is 0 Å². The highest BCUT2D eigenvalue weighted by Crippen LogP contribution is 2.24. The summed E-state index contributed by atoms with van der Waals surface area (Å²) in [6.45, 7) is 0. The summed E-state index contributed by atoms with van der Waals surface area (Å²) in [5.74, 6) is -2.88. The third-order valence-electron chi connectivity index (χ3n) is 2.65. The number of carbonyl (C=O) groups is 1. The van der Waals surface area contributed by atoms with E-state index in [4.69, 9.17) is 23.2 Å². The minimum absolute atomic E-state index is 0.211. The van der Waals surface area contributed by atoms with Crippen LogP contribution in [0.15, 0.2) is 41.3 Å². The largest absolute Gasteiger partial charge is 0.293 e. The Morgan fingerprint density at radius 2 is 1.76 bits per heavy atom. The summed E-state index contributed by atoms with van der Waals surface area (Å²) in [5.41, 5.74) is -0.301. The standard InChI is InChI=1S/C14H8Cl2F2O2S/c15-11-4-2-9(6-12(11)16)21(20)7-14(19)10-3-1-8(17)5-13(10)18/h1-6H,7H2. The lowest BCUT2D eigenvalue weighted by Crippen LogP contribution is -2.13. The molecule has 0 N–H and O–H groups in total. The maximum absolute atomic E-state index is 13.5. The van der Waals surface area contributed by atoms with Gasteiger partial charge in [0.2, 0.25) is 0 Å². The third kappa shape index (κ3) is 3.87. The van der Waals surface area contributed by atoms with Crippen LogP contribution in [0.2, 0.25) is 10.0 Å². The molecule has 0 spiro atoms. The average Bonchev–Trinajstić information content (AvgIpc) is 2.41. The monoisotopic (exact) mass is 348 g/mol. The summed E-state index contributed by atoms with van der Waals surface area (Å²) in [7, 11) is -1.70. The lowest BCUT2D eigenvalue weighted by molar-refractivity contribution is 0.101. The first-order chi connectivity index (χ1) is 9.88. The molecule has 110 valence electrons. The van der Waals surface area contributed by atoms with E-state index < -0.39 is 34.0 Å². The molecule has 0 bridgehead atoms. The molecular formula is C14H8Cl2F2O2S. The average molecular weight is 349 g/mol. The number of hydrogen-bond acceptors (Lipinski definition) is 2. The number of ketones is 1. The van der Waals surface area contributed by atoms with Crippen molar-refractivity contribution < 1.29 is 17.8 Å². The van der Waals surface area contributed by atoms with Crippen molar-refractivity contribution in [3.63, 3.8) is 0 Å². The maximum atomic E-state index is 13.5. The molecule has 0 aliphatic heterocycles. The van der Waals surface area contributed by atoms with Gasteiger partial charge in [-0.2, -0.15) is 0 Å². The van der Waals surface area contributed by atoms with Crippen LogP contribution in [0.25, 0.3) is 0 Å². The van der Waals surface area contributed by atoms with Crippen molar-refractivity contribution >= 4 is 39.8 Å². The second kappa shape index (κ2) is 6.64. The summed E-state index contributed by atoms with van der Waals surface area (Å²) < 4.78 is 38.3. The molecule has 2 nitrogen and oxygen atoms in total. The van der Waals surface area contributed by atoms with Crippen LogP contribution in [-0.2, 0) is 10.8 Å². The van der Waals surface area contributed by atoms with E-state index in [0.29, 0.717) is 16.0 Å². The van der Waals surface area contributed by atoms with Crippen LogP contribution in [-0.4, -0.2) is 15.7 Å². The van der Waals surface area contributed by atoms with Gasteiger partial charge in [0.25, 0.3) is 0 Å². The van der Waals surface area contributed by atoms with E-state index in [1.54, 1.807) is 0 Å². The Morgan fingerprint density at radius 1 is 1.05 bits per heavy atom. The van der Waals surface area contributed by atoms with E-state index in [0.717, 1.165) is 12.1 Å². The molecule has 7 heteroatoms. The summed E-state index contributed by atoms with van der Waals surface area (Å²) in [6, 6.07) is 6.92. The van der Waals surface area contributed by atoms with Crippen molar-refractivity contribution in [3.05, 3.63) is 63.6 Å². The van der Waals surface area contributed by atoms with Crippen molar-refractivity contribution in [3.8, 4) is 0 Å². The van der Waals surface area contributed by atoms with Gasteiger partial charge in [-0.15, -0.1) is 0 Å². The molecule has 1 unspecified atom stereocenters. The van der Waals surface area contributed by atoms with Crippen molar-refractivity contribution in [2.45, 2.75) is 4.90 Å². The molecular weight excluding hydrogens is 341 g/mol. The van der Waals surface area contributed by atoms with Gasteiger partial charge in [0.05, 0.1) is 32.2 Å². The van der Waals surface area contributed by atoms with E-state index in [1.165, 1.54) is 18.2 Å². The Bertz CT molecular complexity index is 735. The lowest BCUT2D eigenvalue weighted by atomic mass is 10.1. The van der Waals surface area contributed by atoms with Crippen molar-refractivity contribution in [1.82, 2.24) is 0 Å². The van der Waals surface area contributed by atoms with Gasteiger partial charge in [-0.05, 0) is 30.3 Å². The molecule has 1 atom stereocenters. The second-order valence-electron chi connectivity index (χ2n) is 4.11. The Morgan fingerprint density at radius 3 is 2.38 bits per heavy atom. The topological polar surface area (TPSA) is 34.1 Å².